The van der Waals surface area contributed by atoms with Crippen LogP contribution in [-0.4, -0.2) is 5.11 Å². The van der Waals surface area contributed by atoms with Gasteiger partial charge in [-0.3, -0.25) is 0 Å². The predicted octanol–water partition coefficient (Wildman–Crippen LogP) is 3.88. The van der Waals surface area contributed by atoms with Crippen molar-refractivity contribution >= 4 is 27.3 Å². The highest BCUT2D eigenvalue weighted by molar-refractivity contribution is 9.10. The molecule has 13 heavy (non-hydrogen) atoms. The molecule has 0 aliphatic heterocycles. The van der Waals surface area contributed by atoms with Crippen LogP contribution in [0.2, 0.25) is 0 Å². The average molecular weight is 255 g/mol. The standard InChI is InChI=1S/C10H7BrOS/c11-10-6-13-5-9(10)7-2-1-3-8(12)4-7/h1-6,12H. The molecule has 1 heterocycles. The van der Waals surface area contributed by atoms with E-state index in [1.807, 2.05) is 17.5 Å². The zero-order valence-electron chi connectivity index (χ0n) is 6.70. The summed E-state index contributed by atoms with van der Waals surface area (Å²) >= 11 is 5.09. The second-order valence-corrected chi connectivity index (χ2v) is 4.28. The van der Waals surface area contributed by atoms with Gasteiger partial charge in [0, 0.05) is 15.4 Å². The van der Waals surface area contributed by atoms with Gasteiger partial charge >= 0.3 is 0 Å². The van der Waals surface area contributed by atoms with Crippen molar-refractivity contribution in [2.24, 2.45) is 0 Å². The highest BCUT2D eigenvalue weighted by Gasteiger charge is 2.03. The maximum atomic E-state index is 9.29. The molecule has 2 aromatic rings. The van der Waals surface area contributed by atoms with Crippen LogP contribution in [0, 0.1) is 0 Å². The third-order valence-corrected chi connectivity index (χ3v) is 3.47. The Morgan fingerprint density at radius 2 is 2.08 bits per heavy atom. The molecule has 66 valence electrons. The van der Waals surface area contributed by atoms with Gasteiger partial charge in [-0.2, -0.15) is 11.3 Å². The molecule has 0 radical (unpaired) electrons. The van der Waals surface area contributed by atoms with Crippen LogP contribution in [0.15, 0.2) is 39.5 Å². The lowest BCUT2D eigenvalue weighted by Gasteiger charge is -1.99. The molecule has 0 unspecified atom stereocenters. The monoisotopic (exact) mass is 254 g/mol. The fourth-order valence-electron chi connectivity index (χ4n) is 1.16. The van der Waals surface area contributed by atoms with Gasteiger partial charge in [0.1, 0.15) is 5.75 Å². The summed E-state index contributed by atoms with van der Waals surface area (Å²) in [5.74, 6) is 0.301. The molecular weight excluding hydrogens is 248 g/mol. The van der Waals surface area contributed by atoms with E-state index >= 15 is 0 Å². The molecule has 0 fully saturated rings. The summed E-state index contributed by atoms with van der Waals surface area (Å²) in [6.45, 7) is 0. The number of hydrogen-bond acceptors (Lipinski definition) is 2. The van der Waals surface area contributed by atoms with Crippen LogP contribution < -0.4 is 0 Å². The van der Waals surface area contributed by atoms with Crippen molar-refractivity contribution in [1.82, 2.24) is 0 Å². The Morgan fingerprint density at radius 3 is 2.69 bits per heavy atom. The summed E-state index contributed by atoms with van der Waals surface area (Å²) in [4.78, 5) is 0. The van der Waals surface area contributed by atoms with Crippen LogP contribution in [0.3, 0.4) is 0 Å². The van der Waals surface area contributed by atoms with E-state index < -0.39 is 0 Å². The second-order valence-electron chi connectivity index (χ2n) is 2.68. The first-order valence-electron chi connectivity index (χ1n) is 3.78. The largest absolute Gasteiger partial charge is 0.508 e. The van der Waals surface area contributed by atoms with Gasteiger partial charge in [0.2, 0.25) is 0 Å². The molecule has 0 amide bonds. The van der Waals surface area contributed by atoms with Crippen molar-refractivity contribution in [2.45, 2.75) is 0 Å². The molecule has 2 rings (SSSR count). The minimum Gasteiger partial charge on any atom is -0.508 e. The van der Waals surface area contributed by atoms with Crippen molar-refractivity contribution in [3.8, 4) is 16.9 Å². The minimum absolute atomic E-state index is 0.301. The molecule has 0 spiro atoms. The van der Waals surface area contributed by atoms with Gasteiger partial charge in [-0.15, -0.1) is 0 Å². The quantitative estimate of drug-likeness (QED) is 0.819. The third-order valence-electron chi connectivity index (χ3n) is 1.77. The molecule has 0 bridgehead atoms. The number of halogens is 1. The van der Waals surface area contributed by atoms with Crippen molar-refractivity contribution in [1.29, 1.82) is 0 Å². The summed E-state index contributed by atoms with van der Waals surface area (Å²) in [7, 11) is 0. The van der Waals surface area contributed by atoms with E-state index in [-0.39, 0.29) is 0 Å². The Bertz CT molecular complexity index is 422. The topological polar surface area (TPSA) is 20.2 Å². The van der Waals surface area contributed by atoms with Gasteiger partial charge in [0.05, 0.1) is 0 Å². The lowest BCUT2D eigenvalue weighted by molar-refractivity contribution is 0.475. The Labute approximate surface area is 88.8 Å². The van der Waals surface area contributed by atoms with Gasteiger partial charge in [-0.1, -0.05) is 12.1 Å². The van der Waals surface area contributed by atoms with Gasteiger partial charge in [-0.05, 0) is 39.0 Å². The lowest BCUT2D eigenvalue weighted by atomic mass is 10.1. The Hall–Kier alpha value is -0.800. The highest BCUT2D eigenvalue weighted by Crippen LogP contribution is 2.32. The van der Waals surface area contributed by atoms with E-state index in [1.54, 1.807) is 23.5 Å². The maximum absolute atomic E-state index is 9.29. The Morgan fingerprint density at radius 1 is 1.23 bits per heavy atom. The zero-order chi connectivity index (χ0) is 9.26. The zero-order valence-corrected chi connectivity index (χ0v) is 9.10. The van der Waals surface area contributed by atoms with Gasteiger partial charge in [0.15, 0.2) is 0 Å². The molecule has 0 aliphatic rings. The summed E-state index contributed by atoms with van der Waals surface area (Å²) in [6.07, 6.45) is 0. The lowest BCUT2D eigenvalue weighted by Crippen LogP contribution is -1.73. The third kappa shape index (κ3) is 1.76. The number of phenols is 1. The fraction of sp³-hybridized carbons (Fsp3) is 0. The Balaban J connectivity index is 2.53. The normalized spacial score (nSPS) is 10.2. The van der Waals surface area contributed by atoms with Crippen LogP contribution in [0.5, 0.6) is 5.75 Å². The van der Waals surface area contributed by atoms with Gasteiger partial charge in [0.25, 0.3) is 0 Å². The number of thiophene rings is 1. The van der Waals surface area contributed by atoms with Crippen LogP contribution in [0.1, 0.15) is 0 Å². The van der Waals surface area contributed by atoms with Crippen molar-refractivity contribution in [3.05, 3.63) is 39.5 Å². The van der Waals surface area contributed by atoms with Crippen LogP contribution in [0.4, 0.5) is 0 Å². The number of rotatable bonds is 1. The molecule has 1 aromatic heterocycles. The minimum atomic E-state index is 0.301. The van der Waals surface area contributed by atoms with Gasteiger partial charge < -0.3 is 5.11 Å². The molecule has 0 atom stereocenters. The second kappa shape index (κ2) is 3.52. The molecule has 1 nitrogen and oxygen atoms in total. The van der Waals surface area contributed by atoms with E-state index in [0.717, 1.165) is 15.6 Å². The summed E-state index contributed by atoms with van der Waals surface area (Å²) in [5.41, 5.74) is 2.16. The van der Waals surface area contributed by atoms with Crippen LogP contribution in [-0.2, 0) is 0 Å². The number of benzene rings is 1. The fourth-order valence-corrected chi connectivity index (χ4v) is 2.69. The SMILES string of the molecule is Oc1cccc(-c2cscc2Br)c1. The van der Waals surface area contributed by atoms with Crippen molar-refractivity contribution in [3.63, 3.8) is 0 Å². The molecular formula is C10H7BrOS. The smallest absolute Gasteiger partial charge is 0.116 e. The molecule has 3 heteroatoms. The predicted molar refractivity (Wildman–Crippen MR) is 59.1 cm³/mol. The first kappa shape index (κ1) is 8.78. The van der Waals surface area contributed by atoms with E-state index in [0.29, 0.717) is 5.75 Å². The van der Waals surface area contributed by atoms with E-state index in [4.69, 9.17) is 0 Å². The molecule has 0 saturated heterocycles. The van der Waals surface area contributed by atoms with Crippen molar-refractivity contribution in [2.75, 3.05) is 0 Å². The number of hydrogen-bond donors (Lipinski definition) is 1. The molecule has 0 aliphatic carbocycles. The molecule has 0 saturated carbocycles. The summed E-state index contributed by atoms with van der Waals surface area (Å²) < 4.78 is 1.07. The maximum Gasteiger partial charge on any atom is 0.116 e. The summed E-state index contributed by atoms with van der Waals surface area (Å²) in [6, 6.07) is 7.25. The van der Waals surface area contributed by atoms with E-state index in [1.165, 1.54) is 0 Å². The first-order chi connectivity index (χ1) is 6.27. The number of phenolic OH excluding ortho intramolecular Hbond substituents is 1. The van der Waals surface area contributed by atoms with Gasteiger partial charge in [-0.25, -0.2) is 0 Å². The molecule has 1 aromatic carbocycles. The van der Waals surface area contributed by atoms with Crippen LogP contribution in [0.25, 0.3) is 11.1 Å². The Kier molecular flexibility index (Phi) is 2.38. The van der Waals surface area contributed by atoms with Crippen molar-refractivity contribution < 1.29 is 5.11 Å². The van der Waals surface area contributed by atoms with E-state index in [9.17, 15) is 5.11 Å². The highest BCUT2D eigenvalue weighted by atomic mass is 79.9. The van der Waals surface area contributed by atoms with Crippen LogP contribution >= 0.6 is 27.3 Å². The average Bonchev–Trinajstić information content (AvgIpc) is 2.51. The first-order valence-corrected chi connectivity index (χ1v) is 5.52. The molecule has 1 N–H and O–H groups in total. The number of aromatic hydroxyl groups is 1. The summed E-state index contributed by atoms with van der Waals surface area (Å²) in [5, 5.41) is 13.4. The van der Waals surface area contributed by atoms with E-state index in [2.05, 4.69) is 21.3 Å².